The van der Waals surface area contributed by atoms with Crippen LogP contribution in [0, 0.1) is 0 Å². The molecule has 1 aliphatic carbocycles. The third-order valence-corrected chi connectivity index (χ3v) is 6.36. The number of rotatable bonds is 5. The minimum Gasteiger partial charge on any atom is -0.366 e. The van der Waals surface area contributed by atoms with Crippen molar-refractivity contribution in [2.45, 2.75) is 38.0 Å². The number of nitrogens with one attached hydrogen (secondary N) is 2. The molecule has 1 saturated carbocycles. The Hall–Kier alpha value is -3.81. The summed E-state index contributed by atoms with van der Waals surface area (Å²) in [5.41, 5.74) is 3.43. The highest BCUT2D eigenvalue weighted by Crippen LogP contribution is 2.32. The Morgan fingerprint density at radius 3 is 2.29 bits per heavy atom. The maximum Gasteiger partial charge on any atom is 0.416 e. The fraction of sp³-hybridized carbons (Fsp3) is 0.259. The van der Waals surface area contributed by atoms with Crippen LogP contribution < -0.4 is 15.5 Å². The lowest BCUT2D eigenvalue weighted by Crippen LogP contribution is -2.33. The third-order valence-electron chi connectivity index (χ3n) is 6.36. The molecule has 35 heavy (non-hydrogen) atoms. The summed E-state index contributed by atoms with van der Waals surface area (Å²) in [7, 11) is 0. The summed E-state index contributed by atoms with van der Waals surface area (Å²) in [6.07, 6.45) is -1.71. The van der Waals surface area contributed by atoms with Crippen molar-refractivity contribution in [1.29, 1.82) is 0 Å². The minimum absolute atomic E-state index is 0.0960. The van der Waals surface area contributed by atoms with Gasteiger partial charge in [-0.2, -0.15) is 13.2 Å². The monoisotopic (exact) mass is 479 g/mol. The molecular formula is C27H24F3N3O2. The number of carbonyl (C=O) groups excluding carboxylic acids is 2. The number of benzene rings is 3. The minimum atomic E-state index is -4.47. The van der Waals surface area contributed by atoms with Crippen molar-refractivity contribution in [3.63, 3.8) is 0 Å². The number of hydrogen-bond acceptors (Lipinski definition) is 3. The predicted octanol–water partition coefficient (Wildman–Crippen LogP) is 5.41. The van der Waals surface area contributed by atoms with Crippen LogP contribution in [0.25, 0.3) is 0 Å². The second kappa shape index (κ2) is 9.09. The van der Waals surface area contributed by atoms with Gasteiger partial charge in [0.1, 0.15) is 0 Å². The lowest BCUT2D eigenvalue weighted by Gasteiger charge is -2.32. The van der Waals surface area contributed by atoms with E-state index in [9.17, 15) is 22.8 Å². The number of nitrogens with zero attached hydrogens (tertiary/aromatic N) is 1. The van der Waals surface area contributed by atoms with Gasteiger partial charge in [0.25, 0.3) is 11.8 Å². The molecular weight excluding hydrogens is 455 g/mol. The fourth-order valence-corrected chi connectivity index (χ4v) is 4.28. The Kier molecular flexibility index (Phi) is 5.96. The van der Waals surface area contributed by atoms with Crippen LogP contribution in [-0.2, 0) is 19.1 Å². The molecule has 3 aromatic carbocycles. The first kappa shape index (κ1) is 23.0. The van der Waals surface area contributed by atoms with Crippen LogP contribution in [0.3, 0.4) is 0 Å². The maximum atomic E-state index is 13.1. The lowest BCUT2D eigenvalue weighted by molar-refractivity contribution is -0.137. The van der Waals surface area contributed by atoms with Crippen molar-refractivity contribution in [2.24, 2.45) is 0 Å². The smallest absolute Gasteiger partial charge is 0.366 e. The van der Waals surface area contributed by atoms with Gasteiger partial charge in [-0.25, -0.2) is 0 Å². The average molecular weight is 480 g/mol. The summed E-state index contributed by atoms with van der Waals surface area (Å²) in [6, 6.07) is 17.6. The van der Waals surface area contributed by atoms with Gasteiger partial charge in [0.2, 0.25) is 0 Å². The number of halogens is 3. The Labute approximate surface area is 200 Å². The molecule has 0 spiro atoms. The highest BCUT2D eigenvalue weighted by atomic mass is 19.4. The summed E-state index contributed by atoms with van der Waals surface area (Å²) in [6.45, 7) is 1.44. The van der Waals surface area contributed by atoms with Crippen LogP contribution in [-0.4, -0.2) is 24.4 Å². The molecule has 2 N–H and O–H groups in total. The molecule has 0 radical (unpaired) electrons. The second-order valence-corrected chi connectivity index (χ2v) is 8.95. The Morgan fingerprint density at radius 1 is 0.886 bits per heavy atom. The summed E-state index contributed by atoms with van der Waals surface area (Å²) in [5.74, 6) is -0.751. The molecule has 1 fully saturated rings. The quantitative estimate of drug-likeness (QED) is 0.514. The van der Waals surface area contributed by atoms with E-state index in [0.29, 0.717) is 17.8 Å². The molecule has 180 valence electrons. The van der Waals surface area contributed by atoms with E-state index in [0.717, 1.165) is 55.8 Å². The summed E-state index contributed by atoms with van der Waals surface area (Å²) in [4.78, 5) is 27.9. The van der Waals surface area contributed by atoms with Crippen LogP contribution in [0.4, 0.5) is 24.5 Å². The van der Waals surface area contributed by atoms with E-state index in [-0.39, 0.29) is 17.5 Å². The molecule has 3 aromatic rings. The summed E-state index contributed by atoms with van der Waals surface area (Å²) in [5, 5.41) is 5.72. The van der Waals surface area contributed by atoms with Crippen LogP contribution in [0.5, 0.6) is 0 Å². The first-order valence-electron chi connectivity index (χ1n) is 11.5. The molecule has 0 atom stereocenters. The van der Waals surface area contributed by atoms with Crippen molar-refractivity contribution >= 4 is 23.2 Å². The van der Waals surface area contributed by atoms with Gasteiger partial charge < -0.3 is 15.5 Å². The van der Waals surface area contributed by atoms with Crippen molar-refractivity contribution in [2.75, 3.05) is 16.8 Å². The molecule has 0 bridgehead atoms. The van der Waals surface area contributed by atoms with Crippen molar-refractivity contribution in [1.82, 2.24) is 5.32 Å². The van der Waals surface area contributed by atoms with E-state index in [1.165, 1.54) is 11.1 Å². The third kappa shape index (κ3) is 5.16. The van der Waals surface area contributed by atoms with Gasteiger partial charge in [0.15, 0.2) is 0 Å². The molecule has 8 heteroatoms. The molecule has 2 aliphatic rings. The van der Waals surface area contributed by atoms with Gasteiger partial charge in [0, 0.05) is 36.1 Å². The van der Waals surface area contributed by atoms with E-state index in [1.807, 2.05) is 18.2 Å². The first-order chi connectivity index (χ1) is 16.8. The van der Waals surface area contributed by atoms with Gasteiger partial charge in [-0.1, -0.05) is 24.3 Å². The van der Waals surface area contributed by atoms with Crippen LogP contribution >= 0.6 is 0 Å². The average Bonchev–Trinajstić information content (AvgIpc) is 3.67. The van der Waals surface area contributed by atoms with Gasteiger partial charge in [-0.05, 0) is 72.9 Å². The van der Waals surface area contributed by atoms with Crippen molar-refractivity contribution < 1.29 is 22.8 Å². The first-order valence-corrected chi connectivity index (χ1v) is 11.5. The SMILES string of the molecule is O=C(Nc1ccc(N2CCc3ccccc3C2)c(C(=O)NC2CC2)c1)c1ccc(C(F)(F)F)cc1. The number of hydrogen-bond donors (Lipinski definition) is 2. The van der Waals surface area contributed by atoms with E-state index in [4.69, 9.17) is 0 Å². The Bertz CT molecular complexity index is 1270. The van der Waals surface area contributed by atoms with Crippen LogP contribution in [0.1, 0.15) is 50.2 Å². The van der Waals surface area contributed by atoms with Crippen molar-refractivity contribution in [3.05, 3.63) is 94.5 Å². The molecule has 1 aliphatic heterocycles. The van der Waals surface area contributed by atoms with E-state index in [2.05, 4.69) is 27.7 Å². The number of fused-ring (bicyclic) bond motifs is 1. The normalized spacial score (nSPS) is 15.3. The van der Waals surface area contributed by atoms with Crippen molar-refractivity contribution in [3.8, 4) is 0 Å². The molecule has 0 aromatic heterocycles. The molecule has 0 saturated heterocycles. The zero-order chi connectivity index (χ0) is 24.6. The highest BCUT2D eigenvalue weighted by Gasteiger charge is 2.30. The summed E-state index contributed by atoms with van der Waals surface area (Å²) < 4.78 is 38.4. The number of anilines is 2. The topological polar surface area (TPSA) is 61.4 Å². The number of amides is 2. The molecule has 2 amide bonds. The standard InChI is InChI=1S/C27H24F3N3O2/c28-27(29,30)20-7-5-18(6-8-20)25(34)32-22-11-12-24(23(15-22)26(35)31-21-9-10-21)33-14-13-17-3-1-2-4-19(17)16-33/h1-8,11-12,15,21H,9-10,13-14,16H2,(H,31,35)(H,32,34). The van der Waals surface area contributed by atoms with Crippen LogP contribution in [0.15, 0.2) is 66.7 Å². The van der Waals surface area contributed by atoms with Gasteiger partial charge >= 0.3 is 6.18 Å². The highest BCUT2D eigenvalue weighted by molar-refractivity contribution is 6.06. The molecule has 5 nitrogen and oxygen atoms in total. The van der Waals surface area contributed by atoms with Gasteiger partial charge in [0.05, 0.1) is 11.1 Å². The zero-order valence-corrected chi connectivity index (χ0v) is 18.9. The van der Waals surface area contributed by atoms with E-state index < -0.39 is 17.6 Å². The Balaban J connectivity index is 1.39. The fourth-order valence-electron chi connectivity index (χ4n) is 4.28. The Morgan fingerprint density at radius 2 is 1.60 bits per heavy atom. The van der Waals surface area contributed by atoms with E-state index >= 15 is 0 Å². The largest absolute Gasteiger partial charge is 0.416 e. The van der Waals surface area contributed by atoms with Gasteiger partial charge in [-0.3, -0.25) is 9.59 Å². The summed E-state index contributed by atoms with van der Waals surface area (Å²) >= 11 is 0. The lowest BCUT2D eigenvalue weighted by atomic mass is 9.98. The second-order valence-electron chi connectivity index (χ2n) is 8.95. The van der Waals surface area contributed by atoms with Crippen LogP contribution in [0.2, 0.25) is 0 Å². The molecule has 0 unspecified atom stereocenters. The predicted molar refractivity (Wildman–Crippen MR) is 128 cm³/mol. The molecule has 1 heterocycles. The number of carbonyl (C=O) groups is 2. The number of alkyl halides is 3. The molecule has 5 rings (SSSR count). The van der Waals surface area contributed by atoms with Gasteiger partial charge in [-0.15, -0.1) is 0 Å². The maximum absolute atomic E-state index is 13.1. The zero-order valence-electron chi connectivity index (χ0n) is 18.9. The van der Waals surface area contributed by atoms with E-state index in [1.54, 1.807) is 12.1 Å².